The topological polar surface area (TPSA) is 0 Å². The van der Waals surface area contributed by atoms with Crippen molar-refractivity contribution in [3.05, 3.63) is 0 Å². The van der Waals surface area contributed by atoms with Gasteiger partial charge < -0.3 is 0 Å². The minimum Gasteiger partial charge on any atom is -0.0656 e. The predicted octanol–water partition coefficient (Wildman–Crippen LogP) is 5.81. The molecule has 0 atom stereocenters. The Morgan fingerprint density at radius 1 is 0.643 bits per heavy atom. The average molecular weight is 200 g/mol. The summed E-state index contributed by atoms with van der Waals surface area (Å²) in [6.07, 6.45) is 11.2. The average Bonchev–Trinajstić information content (AvgIpc) is 2.16. The van der Waals surface area contributed by atoms with Crippen LogP contribution in [0.5, 0.6) is 0 Å². The first-order chi connectivity index (χ1) is 6.76. The van der Waals surface area contributed by atoms with Gasteiger partial charge in [-0.15, -0.1) is 0 Å². The molecule has 0 aromatic heterocycles. The van der Waals surface area contributed by atoms with E-state index in [4.69, 9.17) is 0 Å². The van der Waals surface area contributed by atoms with Gasteiger partial charge in [0.15, 0.2) is 0 Å². The zero-order valence-electron chi connectivity index (χ0n) is 11.2. The molecule has 0 rings (SSSR count). The van der Waals surface area contributed by atoms with E-state index in [2.05, 4.69) is 34.6 Å². The van der Waals surface area contributed by atoms with E-state index in [-0.39, 0.29) is 0 Å². The number of unbranched alkanes of at least 4 members (excludes halogenated alkanes) is 1. The molecule has 0 saturated heterocycles. The molecule has 88 valence electrons. The van der Waals surface area contributed by atoms with Crippen LogP contribution in [0.3, 0.4) is 0 Å². The van der Waals surface area contributed by atoms with E-state index in [1.54, 1.807) is 0 Å². The maximum absolute atomic E-state index is 2.30. The summed E-state index contributed by atoms with van der Waals surface area (Å²) in [7, 11) is 0. The Bertz CT molecular complexity index is 70.1. The van der Waals surface area contributed by atoms with Gasteiger partial charge in [0, 0.05) is 0 Å². The van der Waals surface area contributed by atoms with Gasteiger partial charge in [0.1, 0.15) is 0 Å². The number of hydrogen-bond donors (Lipinski definition) is 0. The first-order valence-electron chi connectivity index (χ1n) is 6.76. The van der Waals surface area contributed by atoms with E-state index in [1.165, 1.54) is 51.4 Å². The van der Waals surface area contributed by atoms with Gasteiger partial charge in [-0.2, -0.15) is 0 Å². The monoisotopic (exact) mass is 200 g/mol. The third kappa shape index (κ3) is 14.5. The van der Waals surface area contributed by atoms with Gasteiger partial charge in [-0.05, 0) is 5.92 Å². The van der Waals surface area contributed by atoms with Crippen molar-refractivity contribution in [1.82, 2.24) is 0 Å². The first kappa shape index (κ1) is 16.4. The molecular formula is C14H32. The predicted molar refractivity (Wildman–Crippen MR) is 68.8 cm³/mol. The fourth-order valence-corrected chi connectivity index (χ4v) is 1.74. The molecule has 0 heterocycles. The standard InChI is InChI=1S/C11H24.C3H8/c1-4-7-10-11(8-5-2)9-6-3;1-3-2/h11H,4-10H2,1-3H3;3H2,1-2H3. The Labute approximate surface area is 92.5 Å². The molecule has 0 heteroatoms. The zero-order chi connectivity index (χ0) is 11.2. The van der Waals surface area contributed by atoms with Crippen molar-refractivity contribution in [3.63, 3.8) is 0 Å². The second kappa shape index (κ2) is 15.5. The van der Waals surface area contributed by atoms with E-state index in [0.717, 1.165) is 5.92 Å². The van der Waals surface area contributed by atoms with Crippen molar-refractivity contribution in [1.29, 1.82) is 0 Å². The van der Waals surface area contributed by atoms with Crippen LogP contribution in [0.25, 0.3) is 0 Å². The highest BCUT2D eigenvalue weighted by Crippen LogP contribution is 2.19. The summed E-state index contributed by atoms with van der Waals surface area (Å²) in [5.41, 5.74) is 0. The summed E-state index contributed by atoms with van der Waals surface area (Å²) in [5.74, 6) is 1.03. The molecule has 0 aliphatic rings. The van der Waals surface area contributed by atoms with Gasteiger partial charge >= 0.3 is 0 Å². The van der Waals surface area contributed by atoms with Crippen molar-refractivity contribution in [3.8, 4) is 0 Å². The van der Waals surface area contributed by atoms with Gasteiger partial charge in [-0.1, -0.05) is 86.0 Å². The second-order valence-corrected chi connectivity index (χ2v) is 4.29. The minimum atomic E-state index is 1.03. The molecule has 0 nitrogen and oxygen atoms in total. The maximum Gasteiger partial charge on any atom is -0.0414 e. The van der Waals surface area contributed by atoms with E-state index in [9.17, 15) is 0 Å². The lowest BCUT2D eigenvalue weighted by atomic mass is 9.93. The Morgan fingerprint density at radius 2 is 1.07 bits per heavy atom. The third-order valence-corrected chi connectivity index (χ3v) is 2.36. The van der Waals surface area contributed by atoms with Crippen molar-refractivity contribution in [2.45, 2.75) is 86.0 Å². The van der Waals surface area contributed by atoms with Crippen LogP contribution >= 0.6 is 0 Å². The lowest BCUT2D eigenvalue weighted by molar-refractivity contribution is 0.398. The highest BCUT2D eigenvalue weighted by atomic mass is 14.1. The molecule has 0 spiro atoms. The molecular weight excluding hydrogens is 168 g/mol. The lowest BCUT2D eigenvalue weighted by Gasteiger charge is -2.13. The summed E-state index contributed by atoms with van der Waals surface area (Å²) in [6, 6.07) is 0. The van der Waals surface area contributed by atoms with Crippen LogP contribution in [0.15, 0.2) is 0 Å². The summed E-state index contributed by atoms with van der Waals surface area (Å²) < 4.78 is 0. The molecule has 0 aliphatic carbocycles. The second-order valence-electron chi connectivity index (χ2n) is 4.29. The molecule has 0 aromatic rings. The van der Waals surface area contributed by atoms with Crippen LogP contribution in [0, 0.1) is 5.92 Å². The van der Waals surface area contributed by atoms with Crippen LogP contribution in [-0.2, 0) is 0 Å². The Hall–Kier alpha value is 0. The first-order valence-corrected chi connectivity index (χ1v) is 6.76. The maximum atomic E-state index is 2.30. The molecule has 0 fully saturated rings. The van der Waals surface area contributed by atoms with E-state index in [1.807, 2.05) is 0 Å². The quantitative estimate of drug-likeness (QED) is 0.486. The van der Waals surface area contributed by atoms with Gasteiger partial charge in [-0.25, -0.2) is 0 Å². The van der Waals surface area contributed by atoms with E-state index < -0.39 is 0 Å². The number of hydrogen-bond acceptors (Lipinski definition) is 0. The molecule has 14 heavy (non-hydrogen) atoms. The molecule has 0 radical (unpaired) electrons. The smallest absolute Gasteiger partial charge is 0.0414 e. The largest absolute Gasteiger partial charge is 0.0656 e. The van der Waals surface area contributed by atoms with Crippen LogP contribution in [0.2, 0.25) is 0 Å². The molecule has 0 saturated carbocycles. The number of rotatable bonds is 7. The van der Waals surface area contributed by atoms with Crippen LogP contribution < -0.4 is 0 Å². The van der Waals surface area contributed by atoms with E-state index in [0.29, 0.717) is 0 Å². The third-order valence-electron chi connectivity index (χ3n) is 2.36. The summed E-state index contributed by atoms with van der Waals surface area (Å²) in [6.45, 7) is 11.1. The Morgan fingerprint density at radius 3 is 1.36 bits per heavy atom. The summed E-state index contributed by atoms with van der Waals surface area (Å²) in [4.78, 5) is 0. The molecule has 0 bridgehead atoms. The Kier molecular flexibility index (Phi) is 18.2. The van der Waals surface area contributed by atoms with Crippen molar-refractivity contribution < 1.29 is 0 Å². The van der Waals surface area contributed by atoms with Crippen LogP contribution in [0.1, 0.15) is 86.0 Å². The fraction of sp³-hybridized carbons (Fsp3) is 1.00. The van der Waals surface area contributed by atoms with Gasteiger partial charge in [0.25, 0.3) is 0 Å². The van der Waals surface area contributed by atoms with Crippen LogP contribution in [-0.4, -0.2) is 0 Å². The van der Waals surface area contributed by atoms with Crippen molar-refractivity contribution in [2.75, 3.05) is 0 Å². The normalized spacial score (nSPS) is 9.86. The molecule has 0 unspecified atom stereocenters. The highest BCUT2D eigenvalue weighted by Gasteiger charge is 2.04. The summed E-state index contributed by atoms with van der Waals surface area (Å²) in [5, 5.41) is 0. The molecule has 0 aliphatic heterocycles. The zero-order valence-corrected chi connectivity index (χ0v) is 11.2. The van der Waals surface area contributed by atoms with Gasteiger partial charge in [0.05, 0.1) is 0 Å². The lowest BCUT2D eigenvalue weighted by Crippen LogP contribution is -1.99. The molecule has 0 amide bonds. The molecule has 0 aromatic carbocycles. The van der Waals surface area contributed by atoms with Crippen LogP contribution in [0.4, 0.5) is 0 Å². The van der Waals surface area contributed by atoms with Gasteiger partial charge in [0.2, 0.25) is 0 Å². The SMILES string of the molecule is CCC.CCCCC(CCC)CCC. The highest BCUT2D eigenvalue weighted by molar-refractivity contribution is 4.57. The Balaban J connectivity index is 0. The van der Waals surface area contributed by atoms with Gasteiger partial charge in [-0.3, -0.25) is 0 Å². The van der Waals surface area contributed by atoms with E-state index >= 15 is 0 Å². The van der Waals surface area contributed by atoms with Crippen molar-refractivity contribution >= 4 is 0 Å². The summed E-state index contributed by atoms with van der Waals surface area (Å²) >= 11 is 0. The molecule has 0 N–H and O–H groups in total. The van der Waals surface area contributed by atoms with Crippen molar-refractivity contribution in [2.24, 2.45) is 5.92 Å². The minimum absolute atomic E-state index is 1.03. The fourth-order valence-electron chi connectivity index (χ4n) is 1.74.